The van der Waals surface area contributed by atoms with Crippen molar-refractivity contribution in [2.75, 3.05) is 39.1 Å². The molecule has 1 unspecified atom stereocenters. The fourth-order valence-electron chi connectivity index (χ4n) is 4.80. The summed E-state index contributed by atoms with van der Waals surface area (Å²) in [5, 5.41) is 10.4. The summed E-state index contributed by atoms with van der Waals surface area (Å²) in [6.07, 6.45) is 1.50. The number of thiazole rings is 1. The van der Waals surface area contributed by atoms with Crippen molar-refractivity contribution < 1.29 is 33.3 Å². The standard InChI is InChI=1S/C38H36N4O7S2/c1-23(35(43)42-38-41-31(22-50-38)24-14-16-28(46-2)17-15-24)51-29-13-9-12-27(20-29)39-37(45)30(40-36(44)25-10-7-6-8-11-25)18-26-19-33(48-4)34(49-5)21-32(26)47-3/h6-23H,1-5H3,(H,39,45)(H,40,44)(H,41,42,43)/b30-18+. The van der Waals surface area contributed by atoms with E-state index in [1.54, 1.807) is 74.7 Å². The highest BCUT2D eigenvalue weighted by atomic mass is 32.2. The van der Waals surface area contributed by atoms with Gasteiger partial charge in [0.2, 0.25) is 5.91 Å². The number of benzene rings is 4. The van der Waals surface area contributed by atoms with Crippen LogP contribution in [0.4, 0.5) is 10.8 Å². The van der Waals surface area contributed by atoms with Crippen LogP contribution in [0.3, 0.4) is 0 Å². The molecule has 51 heavy (non-hydrogen) atoms. The maximum Gasteiger partial charge on any atom is 0.272 e. The number of thioether (sulfide) groups is 1. The predicted molar refractivity (Wildman–Crippen MR) is 201 cm³/mol. The molecule has 13 heteroatoms. The van der Waals surface area contributed by atoms with Crippen molar-refractivity contribution in [2.45, 2.75) is 17.1 Å². The summed E-state index contributed by atoms with van der Waals surface area (Å²) in [6.45, 7) is 1.79. The molecule has 11 nitrogen and oxygen atoms in total. The third kappa shape index (κ3) is 9.47. The van der Waals surface area contributed by atoms with Crippen LogP contribution >= 0.6 is 23.1 Å². The normalized spacial score (nSPS) is 11.6. The number of amides is 3. The van der Waals surface area contributed by atoms with Gasteiger partial charge in [0.05, 0.1) is 39.4 Å². The van der Waals surface area contributed by atoms with Gasteiger partial charge in [-0.05, 0) is 73.7 Å². The summed E-state index contributed by atoms with van der Waals surface area (Å²) >= 11 is 2.66. The molecule has 0 spiro atoms. The number of anilines is 2. The number of ether oxygens (including phenoxy) is 4. The number of methoxy groups -OCH3 is 4. The van der Waals surface area contributed by atoms with Crippen molar-refractivity contribution in [2.24, 2.45) is 0 Å². The SMILES string of the molecule is COc1ccc(-c2csc(NC(=O)C(C)Sc3cccc(NC(=O)/C(=C\c4cc(OC)c(OC)cc4OC)NC(=O)c4ccccc4)c3)n2)cc1. The van der Waals surface area contributed by atoms with Gasteiger partial charge in [0.15, 0.2) is 16.6 Å². The number of rotatable bonds is 14. The second-order valence-corrected chi connectivity index (χ2v) is 13.1. The molecule has 0 radical (unpaired) electrons. The highest BCUT2D eigenvalue weighted by molar-refractivity contribution is 8.00. The highest BCUT2D eigenvalue weighted by Crippen LogP contribution is 2.36. The summed E-state index contributed by atoms with van der Waals surface area (Å²) in [5.41, 5.74) is 2.91. The van der Waals surface area contributed by atoms with E-state index in [4.69, 9.17) is 18.9 Å². The first-order chi connectivity index (χ1) is 24.7. The van der Waals surface area contributed by atoms with Gasteiger partial charge < -0.3 is 34.9 Å². The van der Waals surface area contributed by atoms with Crippen LogP contribution in [0.1, 0.15) is 22.8 Å². The van der Waals surface area contributed by atoms with Gasteiger partial charge in [-0.15, -0.1) is 23.1 Å². The van der Waals surface area contributed by atoms with Crippen LogP contribution in [0.15, 0.2) is 107 Å². The van der Waals surface area contributed by atoms with Gasteiger partial charge in [-0.2, -0.15) is 0 Å². The summed E-state index contributed by atoms with van der Waals surface area (Å²) < 4.78 is 21.6. The first kappa shape index (κ1) is 36.5. The Morgan fingerprint density at radius 2 is 1.49 bits per heavy atom. The van der Waals surface area contributed by atoms with Crippen LogP contribution in [0.2, 0.25) is 0 Å². The number of hydrogen-bond acceptors (Lipinski definition) is 10. The lowest BCUT2D eigenvalue weighted by Gasteiger charge is -2.15. The van der Waals surface area contributed by atoms with Gasteiger partial charge in [0.25, 0.3) is 11.8 Å². The summed E-state index contributed by atoms with van der Waals surface area (Å²) in [6, 6.07) is 26.5. The predicted octanol–water partition coefficient (Wildman–Crippen LogP) is 7.37. The Hall–Kier alpha value is -5.79. The molecule has 1 atom stereocenters. The van der Waals surface area contributed by atoms with Crippen molar-refractivity contribution in [1.29, 1.82) is 0 Å². The van der Waals surface area contributed by atoms with Crippen molar-refractivity contribution in [3.05, 3.63) is 113 Å². The molecule has 3 amide bonds. The molecule has 5 aromatic rings. The summed E-state index contributed by atoms with van der Waals surface area (Å²) in [7, 11) is 6.10. The van der Waals surface area contributed by atoms with Gasteiger partial charge in [0, 0.05) is 38.7 Å². The topological polar surface area (TPSA) is 137 Å². The fraction of sp³-hybridized carbons (Fsp3) is 0.158. The van der Waals surface area contributed by atoms with E-state index in [0.717, 1.165) is 21.9 Å². The van der Waals surface area contributed by atoms with Crippen LogP contribution in [0.5, 0.6) is 23.0 Å². The lowest BCUT2D eigenvalue weighted by Crippen LogP contribution is -2.30. The van der Waals surface area contributed by atoms with E-state index in [2.05, 4.69) is 20.9 Å². The molecule has 1 heterocycles. The third-order valence-electron chi connectivity index (χ3n) is 7.46. The molecule has 0 aliphatic rings. The van der Waals surface area contributed by atoms with Crippen LogP contribution in [-0.2, 0) is 9.59 Å². The van der Waals surface area contributed by atoms with E-state index >= 15 is 0 Å². The minimum absolute atomic E-state index is 0.0439. The molecule has 0 saturated heterocycles. The number of nitrogens with one attached hydrogen (secondary N) is 3. The second kappa shape index (κ2) is 17.2. The largest absolute Gasteiger partial charge is 0.497 e. The molecule has 4 aromatic carbocycles. The zero-order valence-corrected chi connectivity index (χ0v) is 30.1. The average Bonchev–Trinajstić information content (AvgIpc) is 3.63. The number of carbonyl (C=O) groups excluding carboxylic acids is 3. The first-order valence-electron chi connectivity index (χ1n) is 15.6. The minimum atomic E-state index is -0.583. The Morgan fingerprint density at radius 3 is 2.18 bits per heavy atom. The quantitative estimate of drug-likeness (QED) is 0.0792. The average molecular weight is 725 g/mol. The molecule has 0 aliphatic carbocycles. The van der Waals surface area contributed by atoms with E-state index in [9.17, 15) is 14.4 Å². The van der Waals surface area contributed by atoms with Crippen LogP contribution in [0, 0.1) is 0 Å². The van der Waals surface area contributed by atoms with E-state index in [-0.39, 0.29) is 11.6 Å². The number of nitrogens with zero attached hydrogens (tertiary/aromatic N) is 1. The molecule has 3 N–H and O–H groups in total. The van der Waals surface area contributed by atoms with Gasteiger partial charge in [-0.25, -0.2) is 4.98 Å². The molecule has 5 rings (SSSR count). The molecule has 262 valence electrons. The smallest absolute Gasteiger partial charge is 0.272 e. The maximum absolute atomic E-state index is 13.8. The molecular weight excluding hydrogens is 689 g/mol. The summed E-state index contributed by atoms with van der Waals surface area (Å²) in [4.78, 5) is 45.4. The highest BCUT2D eigenvalue weighted by Gasteiger charge is 2.20. The number of aromatic nitrogens is 1. The van der Waals surface area contributed by atoms with Gasteiger partial charge >= 0.3 is 0 Å². The van der Waals surface area contributed by atoms with Gasteiger partial charge in [0.1, 0.15) is 17.2 Å². The van der Waals surface area contributed by atoms with E-state index in [1.807, 2.05) is 35.7 Å². The maximum atomic E-state index is 13.8. The summed E-state index contributed by atoms with van der Waals surface area (Å²) in [5.74, 6) is 0.716. The Balaban J connectivity index is 1.31. The molecule has 0 fully saturated rings. The molecule has 0 aliphatic heterocycles. The Labute approximate surface area is 304 Å². The Bertz CT molecular complexity index is 2030. The van der Waals surface area contributed by atoms with Gasteiger partial charge in [-0.1, -0.05) is 24.3 Å². The zero-order chi connectivity index (χ0) is 36.3. The Morgan fingerprint density at radius 1 is 0.784 bits per heavy atom. The molecule has 1 aromatic heterocycles. The van der Waals surface area contributed by atoms with Gasteiger partial charge in [-0.3, -0.25) is 14.4 Å². The monoisotopic (exact) mass is 724 g/mol. The number of hydrogen-bond donors (Lipinski definition) is 3. The molecular formula is C38H36N4O7S2. The van der Waals surface area contributed by atoms with Crippen molar-refractivity contribution in [3.8, 4) is 34.3 Å². The van der Waals surface area contributed by atoms with E-state index in [0.29, 0.717) is 39.2 Å². The first-order valence-corrected chi connectivity index (χ1v) is 17.3. The molecule has 0 saturated carbocycles. The fourth-order valence-corrected chi connectivity index (χ4v) is 6.45. The van der Waals surface area contributed by atoms with Crippen LogP contribution in [0.25, 0.3) is 17.3 Å². The van der Waals surface area contributed by atoms with Crippen molar-refractivity contribution in [3.63, 3.8) is 0 Å². The minimum Gasteiger partial charge on any atom is -0.497 e. The van der Waals surface area contributed by atoms with E-state index < -0.39 is 17.1 Å². The third-order valence-corrected chi connectivity index (χ3v) is 9.31. The lowest BCUT2D eigenvalue weighted by atomic mass is 10.1. The van der Waals surface area contributed by atoms with Crippen LogP contribution < -0.4 is 34.9 Å². The van der Waals surface area contributed by atoms with Crippen molar-refractivity contribution >= 4 is 57.7 Å². The van der Waals surface area contributed by atoms with Crippen molar-refractivity contribution in [1.82, 2.24) is 10.3 Å². The number of carbonyl (C=O) groups is 3. The van der Waals surface area contributed by atoms with E-state index in [1.165, 1.54) is 50.5 Å². The zero-order valence-electron chi connectivity index (χ0n) is 28.5. The molecule has 0 bridgehead atoms. The van der Waals surface area contributed by atoms with Crippen LogP contribution in [-0.4, -0.2) is 56.4 Å². The lowest BCUT2D eigenvalue weighted by molar-refractivity contribution is -0.115. The Kier molecular flexibility index (Phi) is 12.3. The second-order valence-electron chi connectivity index (χ2n) is 10.8.